The highest BCUT2D eigenvalue weighted by molar-refractivity contribution is 5.93. The molecular weight excluding hydrogens is 275 g/mol. The van der Waals surface area contributed by atoms with E-state index in [2.05, 4.69) is 11.3 Å². The Morgan fingerprint density at radius 3 is 2.06 bits per heavy atom. The molecule has 18 heavy (non-hydrogen) atoms. The van der Waals surface area contributed by atoms with Crippen molar-refractivity contribution in [3.63, 3.8) is 0 Å². The Kier molecular flexibility index (Phi) is 3.36. The van der Waals surface area contributed by atoms with Crippen molar-refractivity contribution in [1.82, 2.24) is 5.32 Å². The van der Waals surface area contributed by atoms with Crippen LogP contribution in [0.2, 0.25) is 0 Å². The standard InChI is InChI=1S/C8H6F7NO2/c1-3-2-18-5(16-4(3)17)6(9,10)7(11,12)8(13,14)15/h5H,1-2H2,(H,16,17). The second kappa shape index (κ2) is 4.11. The number of rotatable bonds is 2. The molecule has 1 aliphatic rings. The topological polar surface area (TPSA) is 38.3 Å². The molecule has 0 bridgehead atoms. The highest BCUT2D eigenvalue weighted by atomic mass is 19.4. The van der Waals surface area contributed by atoms with Crippen molar-refractivity contribution in [2.24, 2.45) is 0 Å². The third-order valence-corrected chi connectivity index (χ3v) is 2.11. The van der Waals surface area contributed by atoms with Gasteiger partial charge in [-0.05, 0) is 0 Å². The van der Waals surface area contributed by atoms with Crippen molar-refractivity contribution in [1.29, 1.82) is 0 Å². The lowest BCUT2D eigenvalue weighted by Crippen LogP contribution is -2.64. The molecule has 0 aromatic carbocycles. The predicted octanol–water partition coefficient (Wildman–Crippen LogP) is 1.85. The summed E-state index contributed by atoms with van der Waals surface area (Å²) in [5.41, 5.74) is -0.364. The van der Waals surface area contributed by atoms with Gasteiger partial charge in [-0.2, -0.15) is 30.7 Å². The molecule has 10 heteroatoms. The number of carbonyl (C=O) groups excluding carboxylic acids is 1. The number of hydrogen-bond donors (Lipinski definition) is 1. The van der Waals surface area contributed by atoms with E-state index in [-0.39, 0.29) is 5.57 Å². The van der Waals surface area contributed by atoms with E-state index in [1.807, 2.05) is 0 Å². The lowest BCUT2D eigenvalue weighted by atomic mass is 10.1. The molecule has 1 N–H and O–H groups in total. The quantitative estimate of drug-likeness (QED) is 0.619. The monoisotopic (exact) mass is 281 g/mol. The summed E-state index contributed by atoms with van der Waals surface area (Å²) in [6.45, 7) is 2.17. The Morgan fingerprint density at radius 2 is 1.67 bits per heavy atom. The van der Waals surface area contributed by atoms with Gasteiger partial charge < -0.3 is 10.1 Å². The largest absolute Gasteiger partial charge is 0.460 e. The number of ether oxygens (including phenoxy) is 1. The van der Waals surface area contributed by atoms with Crippen molar-refractivity contribution < 1.29 is 40.3 Å². The molecule has 1 heterocycles. The first kappa shape index (κ1) is 14.7. The molecule has 1 unspecified atom stereocenters. The molecule has 0 radical (unpaired) electrons. The molecule has 1 atom stereocenters. The van der Waals surface area contributed by atoms with Crippen LogP contribution in [0.15, 0.2) is 12.2 Å². The molecule has 0 aromatic rings. The molecule has 0 aromatic heterocycles. The first-order valence-electron chi connectivity index (χ1n) is 4.34. The minimum atomic E-state index is -6.47. The molecule has 1 aliphatic heterocycles. The summed E-state index contributed by atoms with van der Waals surface area (Å²) in [7, 11) is 0. The lowest BCUT2D eigenvalue weighted by Gasteiger charge is -2.36. The van der Waals surface area contributed by atoms with Crippen LogP contribution in [-0.4, -0.2) is 36.8 Å². The van der Waals surface area contributed by atoms with Crippen molar-refractivity contribution in [3.05, 3.63) is 12.2 Å². The van der Waals surface area contributed by atoms with Gasteiger partial charge in [-0.3, -0.25) is 4.79 Å². The molecule has 1 saturated heterocycles. The van der Waals surface area contributed by atoms with Crippen LogP contribution < -0.4 is 5.32 Å². The Bertz CT molecular complexity index is 376. The molecule has 0 spiro atoms. The zero-order chi connectivity index (χ0) is 14.4. The fourth-order valence-electron chi connectivity index (χ4n) is 1.06. The van der Waals surface area contributed by atoms with Crippen molar-refractivity contribution >= 4 is 5.91 Å². The van der Waals surface area contributed by atoms with E-state index in [9.17, 15) is 35.5 Å². The Balaban J connectivity index is 3.00. The van der Waals surface area contributed by atoms with E-state index >= 15 is 0 Å². The summed E-state index contributed by atoms with van der Waals surface area (Å²) in [4.78, 5) is 10.9. The van der Waals surface area contributed by atoms with Gasteiger partial charge >= 0.3 is 18.0 Å². The van der Waals surface area contributed by atoms with Gasteiger partial charge in [0.1, 0.15) is 0 Å². The maximum Gasteiger partial charge on any atom is 0.460 e. The third-order valence-electron chi connectivity index (χ3n) is 2.11. The van der Waals surface area contributed by atoms with Gasteiger partial charge in [-0.15, -0.1) is 0 Å². The second-order valence-corrected chi connectivity index (χ2v) is 3.46. The van der Waals surface area contributed by atoms with E-state index in [1.165, 1.54) is 5.32 Å². The smallest absolute Gasteiger partial charge is 0.347 e. The lowest BCUT2D eigenvalue weighted by molar-refractivity contribution is -0.375. The zero-order valence-corrected chi connectivity index (χ0v) is 8.45. The van der Waals surface area contributed by atoms with Crippen LogP contribution in [0, 0.1) is 0 Å². The Morgan fingerprint density at radius 1 is 1.17 bits per heavy atom. The van der Waals surface area contributed by atoms with Crippen LogP contribution in [0.5, 0.6) is 0 Å². The van der Waals surface area contributed by atoms with Crippen molar-refractivity contribution in [2.75, 3.05) is 6.61 Å². The number of hydrogen-bond acceptors (Lipinski definition) is 2. The van der Waals surface area contributed by atoms with Gasteiger partial charge in [0.25, 0.3) is 5.91 Å². The summed E-state index contributed by atoms with van der Waals surface area (Å²) < 4.78 is 90.8. The number of amides is 1. The summed E-state index contributed by atoms with van der Waals surface area (Å²) in [5.74, 6) is -13.2. The van der Waals surface area contributed by atoms with Crippen LogP contribution in [0.4, 0.5) is 30.7 Å². The van der Waals surface area contributed by atoms with E-state index in [4.69, 9.17) is 0 Å². The van der Waals surface area contributed by atoms with Crippen LogP contribution in [0.1, 0.15) is 0 Å². The van der Waals surface area contributed by atoms with Gasteiger partial charge in [-0.1, -0.05) is 6.58 Å². The molecular formula is C8H6F7NO2. The van der Waals surface area contributed by atoms with E-state index in [0.717, 1.165) is 0 Å². The average Bonchev–Trinajstić information content (AvgIpc) is 2.20. The van der Waals surface area contributed by atoms with Crippen LogP contribution >= 0.6 is 0 Å². The predicted molar refractivity (Wildman–Crippen MR) is 43.0 cm³/mol. The molecule has 1 amide bonds. The van der Waals surface area contributed by atoms with Gasteiger partial charge in [-0.25, -0.2) is 0 Å². The number of alkyl halides is 7. The number of carbonyl (C=O) groups is 1. The van der Waals surface area contributed by atoms with Crippen LogP contribution in [0.25, 0.3) is 0 Å². The van der Waals surface area contributed by atoms with E-state index in [1.54, 1.807) is 0 Å². The molecule has 0 saturated carbocycles. The van der Waals surface area contributed by atoms with Crippen molar-refractivity contribution in [3.8, 4) is 0 Å². The van der Waals surface area contributed by atoms with Gasteiger partial charge in [0.05, 0.1) is 6.61 Å². The second-order valence-electron chi connectivity index (χ2n) is 3.46. The summed E-state index contributed by atoms with van der Waals surface area (Å²) >= 11 is 0. The fraction of sp³-hybridized carbons (Fsp3) is 0.625. The van der Waals surface area contributed by atoms with E-state index < -0.39 is 36.8 Å². The van der Waals surface area contributed by atoms with Gasteiger partial charge in [0.15, 0.2) is 0 Å². The van der Waals surface area contributed by atoms with Crippen LogP contribution in [-0.2, 0) is 9.53 Å². The normalized spacial score (nSPS) is 22.9. The molecule has 104 valence electrons. The van der Waals surface area contributed by atoms with Crippen LogP contribution in [0.3, 0.4) is 0 Å². The summed E-state index contributed by atoms with van der Waals surface area (Å²) in [5, 5.41) is 1.19. The number of nitrogens with one attached hydrogen (secondary N) is 1. The summed E-state index contributed by atoms with van der Waals surface area (Å²) in [6, 6.07) is 0. The highest BCUT2D eigenvalue weighted by Crippen LogP contribution is 2.48. The molecule has 1 fully saturated rings. The molecule has 3 nitrogen and oxygen atoms in total. The van der Waals surface area contributed by atoms with Gasteiger partial charge in [0.2, 0.25) is 6.23 Å². The summed E-state index contributed by atoms with van der Waals surface area (Å²) in [6.07, 6.45) is -9.55. The molecule has 1 rings (SSSR count). The van der Waals surface area contributed by atoms with Crippen molar-refractivity contribution in [2.45, 2.75) is 24.2 Å². The van der Waals surface area contributed by atoms with E-state index in [0.29, 0.717) is 0 Å². The first-order valence-corrected chi connectivity index (χ1v) is 4.34. The number of halogens is 7. The average molecular weight is 281 g/mol. The zero-order valence-electron chi connectivity index (χ0n) is 8.45. The van der Waals surface area contributed by atoms with Gasteiger partial charge in [0, 0.05) is 5.57 Å². The third kappa shape index (κ3) is 2.16. The maximum atomic E-state index is 13.0. The first-order chi connectivity index (χ1) is 7.91. The minimum Gasteiger partial charge on any atom is -0.347 e. The Hall–Kier alpha value is -1.32. The fourth-order valence-corrected chi connectivity index (χ4v) is 1.06. The Labute approximate surface area is 95.6 Å². The highest BCUT2D eigenvalue weighted by Gasteiger charge is 2.76. The molecule has 0 aliphatic carbocycles. The maximum absolute atomic E-state index is 13.0. The SMILES string of the molecule is C=C1COC(C(F)(F)C(F)(F)C(F)(F)F)NC1=O. The minimum absolute atomic E-state index is 0.364.